The molecule has 1 amide bonds. The number of hydrogen-bond acceptors (Lipinski definition) is 4. The third kappa shape index (κ3) is 2.97. The van der Waals surface area contributed by atoms with Gasteiger partial charge < -0.3 is 20.1 Å². The molecule has 0 aromatic heterocycles. The highest BCUT2D eigenvalue weighted by molar-refractivity contribution is 5.95. The van der Waals surface area contributed by atoms with Crippen molar-refractivity contribution in [3.05, 3.63) is 23.8 Å². The van der Waals surface area contributed by atoms with Gasteiger partial charge in [-0.05, 0) is 43.9 Å². The first-order chi connectivity index (χ1) is 10.1. The normalized spacial score (nSPS) is 20.2. The Morgan fingerprint density at radius 2 is 1.90 bits per heavy atom. The van der Waals surface area contributed by atoms with Crippen LogP contribution in [0, 0.1) is 5.92 Å². The van der Waals surface area contributed by atoms with Gasteiger partial charge in [-0.3, -0.25) is 4.79 Å². The third-order valence-electron chi connectivity index (χ3n) is 4.36. The lowest BCUT2D eigenvalue weighted by atomic mass is 9.90. The molecule has 0 radical (unpaired) electrons. The molecule has 0 spiro atoms. The molecule has 5 nitrogen and oxygen atoms in total. The monoisotopic (exact) mass is 290 g/mol. The van der Waals surface area contributed by atoms with Crippen LogP contribution in [0.1, 0.15) is 30.1 Å². The molecule has 1 aromatic carbocycles. The molecule has 21 heavy (non-hydrogen) atoms. The summed E-state index contributed by atoms with van der Waals surface area (Å²) in [5, 5.41) is 0. The van der Waals surface area contributed by atoms with Gasteiger partial charge in [0.1, 0.15) is 13.2 Å². The van der Waals surface area contributed by atoms with Gasteiger partial charge in [0.25, 0.3) is 5.91 Å². The Balaban J connectivity index is 1.68. The Hall–Kier alpha value is -1.75. The van der Waals surface area contributed by atoms with E-state index in [-0.39, 0.29) is 11.9 Å². The molecule has 2 heterocycles. The van der Waals surface area contributed by atoms with Gasteiger partial charge in [0.05, 0.1) is 0 Å². The molecule has 0 aliphatic carbocycles. The maximum atomic E-state index is 12.6. The number of likely N-dealkylation sites (tertiary alicyclic amines) is 1. The summed E-state index contributed by atoms with van der Waals surface area (Å²) in [6.45, 7) is 4.69. The van der Waals surface area contributed by atoms with Crippen molar-refractivity contribution in [2.45, 2.75) is 25.8 Å². The fourth-order valence-electron chi connectivity index (χ4n) is 2.99. The average Bonchev–Trinajstić information content (AvgIpc) is 2.54. The molecule has 2 N–H and O–H groups in total. The molecule has 2 aliphatic heterocycles. The summed E-state index contributed by atoms with van der Waals surface area (Å²) in [6.07, 6.45) is 1.96. The first-order valence-corrected chi connectivity index (χ1v) is 7.59. The van der Waals surface area contributed by atoms with Crippen LogP contribution in [0.3, 0.4) is 0 Å². The van der Waals surface area contributed by atoms with Crippen LogP contribution in [0.4, 0.5) is 0 Å². The SMILES string of the molecule is CC(N)C1CCN(C(=O)c2ccc3c(c2)OCCO3)CC1. The number of carbonyl (C=O) groups excluding carboxylic acids is 1. The molecule has 1 fully saturated rings. The lowest BCUT2D eigenvalue weighted by molar-refractivity contribution is 0.0680. The van der Waals surface area contributed by atoms with Gasteiger partial charge in [0.2, 0.25) is 0 Å². The quantitative estimate of drug-likeness (QED) is 0.899. The van der Waals surface area contributed by atoms with Gasteiger partial charge in [-0.25, -0.2) is 0 Å². The van der Waals surface area contributed by atoms with Crippen LogP contribution in [0.25, 0.3) is 0 Å². The Morgan fingerprint density at radius 1 is 1.24 bits per heavy atom. The summed E-state index contributed by atoms with van der Waals surface area (Å²) in [5.41, 5.74) is 6.61. The number of ether oxygens (including phenoxy) is 2. The van der Waals surface area contributed by atoms with Crippen LogP contribution in [-0.4, -0.2) is 43.2 Å². The predicted octanol–water partition coefficient (Wildman–Crippen LogP) is 1.66. The van der Waals surface area contributed by atoms with Gasteiger partial charge in [0, 0.05) is 24.7 Å². The summed E-state index contributed by atoms with van der Waals surface area (Å²) in [4.78, 5) is 14.5. The fraction of sp³-hybridized carbons (Fsp3) is 0.562. The topological polar surface area (TPSA) is 64.8 Å². The zero-order chi connectivity index (χ0) is 14.8. The lowest BCUT2D eigenvalue weighted by Crippen LogP contribution is -2.42. The van der Waals surface area contributed by atoms with Crippen LogP contribution in [0.15, 0.2) is 18.2 Å². The predicted molar refractivity (Wildman–Crippen MR) is 79.7 cm³/mol. The van der Waals surface area contributed by atoms with Crippen molar-refractivity contribution in [1.29, 1.82) is 0 Å². The summed E-state index contributed by atoms with van der Waals surface area (Å²) < 4.78 is 11.0. The second-order valence-electron chi connectivity index (χ2n) is 5.85. The molecule has 114 valence electrons. The maximum absolute atomic E-state index is 12.6. The van der Waals surface area contributed by atoms with Crippen LogP contribution >= 0.6 is 0 Å². The van der Waals surface area contributed by atoms with Gasteiger partial charge in [-0.15, -0.1) is 0 Å². The Kier molecular flexibility index (Phi) is 4.01. The van der Waals surface area contributed by atoms with E-state index >= 15 is 0 Å². The summed E-state index contributed by atoms with van der Waals surface area (Å²) in [6, 6.07) is 5.62. The number of nitrogens with zero attached hydrogens (tertiary/aromatic N) is 1. The summed E-state index contributed by atoms with van der Waals surface area (Å²) in [7, 11) is 0. The van der Waals surface area contributed by atoms with Crippen molar-refractivity contribution in [2.24, 2.45) is 11.7 Å². The largest absolute Gasteiger partial charge is 0.486 e. The minimum atomic E-state index is 0.0649. The van der Waals surface area contributed by atoms with Gasteiger partial charge in [0.15, 0.2) is 11.5 Å². The van der Waals surface area contributed by atoms with Gasteiger partial charge in [-0.2, -0.15) is 0 Å². The molecule has 1 saturated heterocycles. The zero-order valence-electron chi connectivity index (χ0n) is 12.4. The van der Waals surface area contributed by atoms with E-state index < -0.39 is 0 Å². The standard InChI is InChI=1S/C16H22N2O3/c1-11(17)12-4-6-18(7-5-12)16(19)13-2-3-14-15(10-13)21-9-8-20-14/h2-3,10-12H,4-9,17H2,1H3. The molecule has 3 rings (SSSR count). The Bertz CT molecular complexity index is 522. The van der Waals surface area contributed by atoms with Crippen LogP contribution in [-0.2, 0) is 0 Å². The molecule has 1 atom stereocenters. The van der Waals surface area contributed by atoms with Crippen LogP contribution in [0.5, 0.6) is 11.5 Å². The number of piperidine rings is 1. The minimum absolute atomic E-state index is 0.0649. The highest BCUT2D eigenvalue weighted by Crippen LogP contribution is 2.31. The van der Waals surface area contributed by atoms with Gasteiger partial charge >= 0.3 is 0 Å². The van der Waals surface area contributed by atoms with E-state index in [2.05, 4.69) is 0 Å². The first-order valence-electron chi connectivity index (χ1n) is 7.59. The van der Waals surface area contributed by atoms with E-state index in [9.17, 15) is 4.79 Å². The Labute approximate surface area is 125 Å². The summed E-state index contributed by atoms with van der Waals surface area (Å²) in [5.74, 6) is 1.97. The number of fused-ring (bicyclic) bond motifs is 1. The van der Waals surface area contributed by atoms with Crippen molar-refractivity contribution in [3.8, 4) is 11.5 Å². The molecular formula is C16H22N2O3. The fourth-order valence-corrected chi connectivity index (χ4v) is 2.99. The molecule has 0 bridgehead atoms. The van der Waals surface area contributed by atoms with E-state index in [1.165, 1.54) is 0 Å². The number of carbonyl (C=O) groups is 1. The number of nitrogens with two attached hydrogens (primary N) is 1. The highest BCUT2D eigenvalue weighted by Gasteiger charge is 2.26. The number of amides is 1. The molecule has 5 heteroatoms. The van der Waals surface area contributed by atoms with E-state index in [0.717, 1.165) is 25.9 Å². The maximum Gasteiger partial charge on any atom is 0.253 e. The van der Waals surface area contributed by atoms with E-state index in [4.69, 9.17) is 15.2 Å². The Morgan fingerprint density at radius 3 is 2.57 bits per heavy atom. The lowest BCUT2D eigenvalue weighted by Gasteiger charge is -2.34. The van der Waals surface area contributed by atoms with Gasteiger partial charge in [-0.1, -0.05) is 0 Å². The average molecular weight is 290 g/mol. The van der Waals surface area contributed by atoms with Crippen molar-refractivity contribution < 1.29 is 14.3 Å². The van der Waals surface area contributed by atoms with E-state index in [1.54, 1.807) is 6.07 Å². The number of hydrogen-bond donors (Lipinski definition) is 1. The molecular weight excluding hydrogens is 268 g/mol. The second kappa shape index (κ2) is 5.93. The van der Waals surface area contributed by atoms with Crippen LogP contribution in [0.2, 0.25) is 0 Å². The van der Waals surface area contributed by atoms with Crippen molar-refractivity contribution in [3.63, 3.8) is 0 Å². The van der Waals surface area contributed by atoms with Crippen molar-refractivity contribution in [1.82, 2.24) is 4.90 Å². The van der Waals surface area contributed by atoms with E-state index in [0.29, 0.717) is 36.2 Å². The van der Waals surface area contributed by atoms with Crippen LogP contribution < -0.4 is 15.2 Å². The molecule has 0 saturated carbocycles. The van der Waals surface area contributed by atoms with Crippen molar-refractivity contribution >= 4 is 5.91 Å². The zero-order valence-corrected chi connectivity index (χ0v) is 12.4. The summed E-state index contributed by atoms with van der Waals surface area (Å²) >= 11 is 0. The first kappa shape index (κ1) is 14.2. The minimum Gasteiger partial charge on any atom is -0.486 e. The highest BCUT2D eigenvalue weighted by atomic mass is 16.6. The molecule has 1 unspecified atom stereocenters. The third-order valence-corrected chi connectivity index (χ3v) is 4.36. The smallest absolute Gasteiger partial charge is 0.253 e. The molecule has 2 aliphatic rings. The molecule has 1 aromatic rings. The van der Waals surface area contributed by atoms with Crippen molar-refractivity contribution in [2.75, 3.05) is 26.3 Å². The number of benzene rings is 1. The van der Waals surface area contributed by atoms with E-state index in [1.807, 2.05) is 24.0 Å². The number of rotatable bonds is 2. The second-order valence-corrected chi connectivity index (χ2v) is 5.85.